The molecule has 13 heavy (non-hydrogen) atoms. The molecule has 0 aliphatic heterocycles. The van der Waals surface area contributed by atoms with Gasteiger partial charge in [0.2, 0.25) is 0 Å². The first-order valence-corrected chi connectivity index (χ1v) is 4.77. The summed E-state index contributed by atoms with van der Waals surface area (Å²) in [6, 6.07) is 5.40. The lowest BCUT2D eigenvalue weighted by Crippen LogP contribution is -2.13. The molecule has 0 aromatic heterocycles. The molecule has 1 aromatic carbocycles. The molecule has 0 fully saturated rings. The Morgan fingerprint density at radius 2 is 1.85 bits per heavy atom. The van der Waals surface area contributed by atoms with Crippen molar-refractivity contribution in [3.63, 3.8) is 0 Å². The second-order valence-corrected chi connectivity index (χ2v) is 3.40. The monoisotopic (exact) mass is 219 g/mol. The third-order valence-corrected chi connectivity index (χ3v) is 1.88. The Bertz CT molecular complexity index is 258. The van der Waals surface area contributed by atoms with Gasteiger partial charge in [-0.25, -0.2) is 0 Å². The van der Waals surface area contributed by atoms with Gasteiger partial charge in [0.05, 0.1) is 6.61 Å². The molecule has 72 valence electrons. The summed E-state index contributed by atoms with van der Waals surface area (Å²) < 4.78 is 0. The molecule has 1 aromatic rings. The first kappa shape index (κ1) is 10.8. The molecule has 0 radical (unpaired) electrons. The Kier molecular flexibility index (Phi) is 4.53. The molecule has 0 saturated carbocycles. The van der Waals surface area contributed by atoms with Crippen molar-refractivity contribution < 1.29 is 4.84 Å². The maximum Gasteiger partial charge on any atom is 0.0654 e. The van der Waals surface area contributed by atoms with E-state index in [0.29, 0.717) is 23.2 Å². The van der Waals surface area contributed by atoms with Gasteiger partial charge in [-0.05, 0) is 30.7 Å². The van der Waals surface area contributed by atoms with Crippen LogP contribution in [0.1, 0.15) is 12.5 Å². The largest absolute Gasteiger partial charge is 0.302 e. The fourth-order valence-corrected chi connectivity index (χ4v) is 1.52. The molecule has 0 saturated heterocycles. The van der Waals surface area contributed by atoms with E-state index in [9.17, 15) is 0 Å². The zero-order valence-electron chi connectivity index (χ0n) is 7.31. The fourth-order valence-electron chi connectivity index (χ4n) is 0.949. The minimum atomic E-state index is 0.605. The maximum atomic E-state index is 5.81. The van der Waals surface area contributed by atoms with E-state index in [4.69, 9.17) is 28.0 Å². The van der Waals surface area contributed by atoms with E-state index in [-0.39, 0.29) is 0 Å². The summed E-state index contributed by atoms with van der Waals surface area (Å²) in [5.41, 5.74) is 3.79. The van der Waals surface area contributed by atoms with Crippen LogP contribution in [0.25, 0.3) is 0 Å². The van der Waals surface area contributed by atoms with E-state index in [2.05, 4.69) is 5.48 Å². The summed E-state index contributed by atoms with van der Waals surface area (Å²) in [4.78, 5) is 4.98. The Morgan fingerprint density at radius 1 is 1.23 bits per heavy atom. The highest BCUT2D eigenvalue weighted by molar-refractivity contribution is 6.34. The molecule has 0 spiro atoms. The maximum absolute atomic E-state index is 5.81. The standard InChI is InChI=1S/C9H11Cl2NO/c1-2-13-12-6-7-3-8(10)5-9(11)4-7/h3-5,12H,2,6H2,1H3. The summed E-state index contributed by atoms with van der Waals surface area (Å²) in [5.74, 6) is 0. The van der Waals surface area contributed by atoms with Crippen molar-refractivity contribution in [1.29, 1.82) is 0 Å². The summed E-state index contributed by atoms with van der Waals surface area (Å²) in [6.45, 7) is 3.15. The summed E-state index contributed by atoms with van der Waals surface area (Å²) in [5, 5.41) is 1.28. The van der Waals surface area contributed by atoms with Crippen LogP contribution < -0.4 is 5.48 Å². The lowest BCUT2D eigenvalue weighted by molar-refractivity contribution is 0.0463. The SMILES string of the molecule is CCONCc1cc(Cl)cc(Cl)c1. The number of nitrogens with one attached hydrogen (secondary N) is 1. The smallest absolute Gasteiger partial charge is 0.0654 e. The number of hydrogen-bond acceptors (Lipinski definition) is 2. The van der Waals surface area contributed by atoms with E-state index in [1.807, 2.05) is 19.1 Å². The minimum Gasteiger partial charge on any atom is -0.302 e. The van der Waals surface area contributed by atoms with Crippen molar-refractivity contribution in [2.45, 2.75) is 13.5 Å². The molecule has 1 N–H and O–H groups in total. The zero-order chi connectivity index (χ0) is 9.68. The average molecular weight is 220 g/mol. The zero-order valence-corrected chi connectivity index (χ0v) is 8.82. The molecule has 1 rings (SSSR count). The van der Waals surface area contributed by atoms with E-state index < -0.39 is 0 Å². The van der Waals surface area contributed by atoms with Crippen molar-refractivity contribution in [3.05, 3.63) is 33.8 Å². The fraction of sp³-hybridized carbons (Fsp3) is 0.333. The molecule has 0 unspecified atom stereocenters. The molecule has 0 amide bonds. The predicted octanol–water partition coefficient (Wildman–Crippen LogP) is 3.03. The van der Waals surface area contributed by atoms with Gasteiger partial charge in [-0.15, -0.1) is 0 Å². The summed E-state index contributed by atoms with van der Waals surface area (Å²) >= 11 is 11.6. The normalized spacial score (nSPS) is 10.4. The van der Waals surface area contributed by atoms with Crippen molar-refractivity contribution in [3.8, 4) is 0 Å². The van der Waals surface area contributed by atoms with Gasteiger partial charge in [0.25, 0.3) is 0 Å². The van der Waals surface area contributed by atoms with Crippen LogP contribution in [-0.2, 0) is 11.4 Å². The van der Waals surface area contributed by atoms with Crippen LogP contribution in [0.4, 0.5) is 0 Å². The topological polar surface area (TPSA) is 21.3 Å². The molecule has 0 aliphatic carbocycles. The summed E-state index contributed by atoms with van der Waals surface area (Å²) in [6.07, 6.45) is 0. The molecule has 0 aliphatic rings. The van der Waals surface area contributed by atoms with E-state index in [0.717, 1.165) is 5.56 Å². The van der Waals surface area contributed by atoms with Crippen molar-refractivity contribution >= 4 is 23.2 Å². The number of hydrogen-bond donors (Lipinski definition) is 1. The first-order valence-electron chi connectivity index (χ1n) is 4.02. The molecule has 2 nitrogen and oxygen atoms in total. The van der Waals surface area contributed by atoms with E-state index in [1.54, 1.807) is 6.07 Å². The second kappa shape index (κ2) is 5.45. The number of hydroxylamine groups is 1. The van der Waals surface area contributed by atoms with Crippen LogP contribution >= 0.6 is 23.2 Å². The Labute approximate surface area is 87.8 Å². The Hall–Kier alpha value is -0.280. The van der Waals surface area contributed by atoms with Gasteiger partial charge in [0, 0.05) is 16.6 Å². The average Bonchev–Trinajstić information content (AvgIpc) is 2.03. The van der Waals surface area contributed by atoms with Gasteiger partial charge < -0.3 is 4.84 Å². The van der Waals surface area contributed by atoms with Crippen LogP contribution in [0, 0.1) is 0 Å². The van der Waals surface area contributed by atoms with Crippen LogP contribution in [0.2, 0.25) is 10.0 Å². The number of halogens is 2. The van der Waals surface area contributed by atoms with Gasteiger partial charge in [-0.3, -0.25) is 0 Å². The highest BCUT2D eigenvalue weighted by Gasteiger charge is 1.97. The van der Waals surface area contributed by atoms with Crippen molar-refractivity contribution in [2.24, 2.45) is 0 Å². The third-order valence-electron chi connectivity index (χ3n) is 1.45. The minimum absolute atomic E-state index is 0.605. The lowest BCUT2D eigenvalue weighted by Gasteiger charge is -2.04. The van der Waals surface area contributed by atoms with Gasteiger partial charge in [0.15, 0.2) is 0 Å². The quantitative estimate of drug-likeness (QED) is 0.622. The third kappa shape index (κ3) is 3.96. The Balaban J connectivity index is 2.56. The van der Waals surface area contributed by atoms with Gasteiger partial charge >= 0.3 is 0 Å². The van der Waals surface area contributed by atoms with Crippen LogP contribution in [0.5, 0.6) is 0 Å². The summed E-state index contributed by atoms with van der Waals surface area (Å²) in [7, 11) is 0. The molecule has 4 heteroatoms. The van der Waals surface area contributed by atoms with Gasteiger partial charge in [-0.2, -0.15) is 5.48 Å². The number of benzene rings is 1. The second-order valence-electron chi connectivity index (χ2n) is 2.53. The first-order chi connectivity index (χ1) is 6.22. The van der Waals surface area contributed by atoms with Crippen molar-refractivity contribution in [2.75, 3.05) is 6.61 Å². The van der Waals surface area contributed by atoms with Gasteiger partial charge in [-0.1, -0.05) is 23.2 Å². The van der Waals surface area contributed by atoms with E-state index in [1.165, 1.54) is 0 Å². The molecule has 0 heterocycles. The van der Waals surface area contributed by atoms with Crippen LogP contribution in [-0.4, -0.2) is 6.61 Å². The molecule has 0 atom stereocenters. The van der Waals surface area contributed by atoms with Crippen LogP contribution in [0.15, 0.2) is 18.2 Å². The molecular weight excluding hydrogens is 209 g/mol. The lowest BCUT2D eigenvalue weighted by atomic mass is 10.2. The van der Waals surface area contributed by atoms with E-state index >= 15 is 0 Å². The highest BCUT2D eigenvalue weighted by atomic mass is 35.5. The van der Waals surface area contributed by atoms with Crippen molar-refractivity contribution in [1.82, 2.24) is 5.48 Å². The predicted molar refractivity (Wildman–Crippen MR) is 54.9 cm³/mol. The molecule has 0 bridgehead atoms. The Morgan fingerprint density at radius 3 is 2.38 bits per heavy atom. The number of rotatable bonds is 4. The highest BCUT2D eigenvalue weighted by Crippen LogP contribution is 2.18. The molecular formula is C9H11Cl2NO. The van der Waals surface area contributed by atoms with Crippen LogP contribution in [0.3, 0.4) is 0 Å². The van der Waals surface area contributed by atoms with Gasteiger partial charge in [0.1, 0.15) is 0 Å².